The van der Waals surface area contributed by atoms with E-state index < -0.39 is 0 Å². The number of nitrogens with zero attached hydrogens (tertiary/aromatic N) is 3. The molecule has 0 fully saturated rings. The number of aromatic nitrogens is 3. The first-order valence-electron chi connectivity index (χ1n) is 13.2. The minimum atomic E-state index is 0. The third-order valence-electron chi connectivity index (χ3n) is 6.33. The summed E-state index contributed by atoms with van der Waals surface area (Å²) in [5.74, 6) is 0. The summed E-state index contributed by atoms with van der Waals surface area (Å²) >= 11 is 0. The van der Waals surface area contributed by atoms with Crippen LogP contribution in [0.5, 0.6) is 0 Å². The van der Waals surface area contributed by atoms with Crippen molar-refractivity contribution in [3.8, 4) is 44.9 Å². The van der Waals surface area contributed by atoms with Crippen molar-refractivity contribution in [1.29, 1.82) is 0 Å². The first-order valence-corrected chi connectivity index (χ1v) is 13.2. The van der Waals surface area contributed by atoms with Crippen LogP contribution in [-0.4, -0.2) is 23.4 Å². The van der Waals surface area contributed by atoms with E-state index in [1.807, 2.05) is 103 Å². The van der Waals surface area contributed by atoms with Gasteiger partial charge in [0, 0.05) is 73.6 Å². The normalized spacial score (nSPS) is 10.1. The Morgan fingerprint density at radius 1 is 0.605 bits per heavy atom. The van der Waals surface area contributed by atoms with E-state index >= 15 is 0 Å². The van der Waals surface area contributed by atoms with Crippen LogP contribution in [0.4, 0.5) is 0 Å². The number of pyridine rings is 3. The number of hydrogen-bond acceptors (Lipinski definition) is 3. The molecule has 6 rings (SSSR count). The van der Waals surface area contributed by atoms with Crippen molar-refractivity contribution < 1.29 is 52.8 Å². The van der Waals surface area contributed by atoms with Crippen LogP contribution in [0, 0.1) is 24.4 Å². The van der Waals surface area contributed by atoms with E-state index in [-0.39, 0.29) is 66.6 Å². The minimum Gasteiger partial charge on any atom is -0.352 e. The molecule has 0 aliphatic carbocycles. The van der Waals surface area contributed by atoms with E-state index in [1.165, 1.54) is 5.56 Å². The van der Waals surface area contributed by atoms with Gasteiger partial charge in [-0.3, -0.25) is 23.3 Å². The Hall–Kier alpha value is -3.07. The van der Waals surface area contributed by atoms with Crippen molar-refractivity contribution in [2.75, 3.05) is 0 Å². The average molecular weight is 808 g/mol. The molecule has 6 aromatic rings. The molecule has 211 valence electrons. The van der Waals surface area contributed by atoms with Crippen LogP contribution < -0.4 is 0 Å². The largest absolute Gasteiger partial charge is 0.352 e. The summed E-state index contributed by atoms with van der Waals surface area (Å²) in [6.45, 7) is 6.63. The van der Waals surface area contributed by atoms with E-state index in [4.69, 9.17) is 0 Å². The van der Waals surface area contributed by atoms with Crippen molar-refractivity contribution in [3.05, 3.63) is 152 Å². The zero-order valence-corrected chi connectivity index (χ0v) is 29.6. The summed E-state index contributed by atoms with van der Waals surface area (Å²) in [7, 11) is 0. The van der Waals surface area contributed by atoms with Gasteiger partial charge >= 0.3 is 0 Å². The molecule has 0 saturated carbocycles. The van der Waals surface area contributed by atoms with Crippen LogP contribution in [0.25, 0.3) is 44.9 Å². The fourth-order valence-electron chi connectivity index (χ4n) is 4.10. The van der Waals surface area contributed by atoms with Crippen LogP contribution in [0.2, 0.25) is 0 Å². The van der Waals surface area contributed by atoms with Gasteiger partial charge in [-0.05, 0) is 46.3 Å². The number of benzene rings is 3. The van der Waals surface area contributed by atoms with Gasteiger partial charge in [-0.2, -0.15) is 5.56 Å². The molecule has 0 unspecified atom stereocenters. The molecular formula is C37H29BIrN3Y-4. The Morgan fingerprint density at radius 2 is 1.35 bits per heavy atom. The molecule has 0 saturated heterocycles. The van der Waals surface area contributed by atoms with Crippen LogP contribution in [-0.2, 0) is 58.2 Å². The molecule has 0 bridgehead atoms. The molecule has 3 aromatic heterocycles. The Labute approximate surface area is 296 Å². The summed E-state index contributed by atoms with van der Waals surface area (Å²) in [6.07, 6.45) is 6.76. The molecule has 0 aliphatic heterocycles. The topological polar surface area (TPSA) is 38.7 Å². The predicted octanol–water partition coefficient (Wildman–Crippen LogP) is 8.34. The molecule has 43 heavy (non-hydrogen) atoms. The SMILES string of the molecule is CC(C)(C)c1ccnc(-c2[c-]cccc2)c1.[B].[Ir].[Y].[c-]1ccc(-c2[c-]nc(-c3ccccc3)cc2)[c-]c1-c1ccccn1. The van der Waals surface area contributed by atoms with E-state index in [0.717, 1.165) is 44.9 Å². The molecular weight excluding hydrogens is 778 g/mol. The van der Waals surface area contributed by atoms with Gasteiger partial charge in [-0.25, -0.2) is 6.07 Å². The summed E-state index contributed by atoms with van der Waals surface area (Å²) in [5.41, 5.74) is 9.03. The summed E-state index contributed by atoms with van der Waals surface area (Å²) < 4.78 is 0. The van der Waals surface area contributed by atoms with Crippen LogP contribution >= 0.6 is 0 Å². The molecule has 0 aliphatic rings. The van der Waals surface area contributed by atoms with Gasteiger partial charge in [0.2, 0.25) is 0 Å². The van der Waals surface area contributed by atoms with Crippen molar-refractivity contribution in [2.45, 2.75) is 26.2 Å². The summed E-state index contributed by atoms with van der Waals surface area (Å²) in [6, 6.07) is 45.6. The third-order valence-corrected chi connectivity index (χ3v) is 6.33. The number of rotatable bonds is 4. The van der Waals surface area contributed by atoms with Crippen molar-refractivity contribution in [1.82, 2.24) is 15.0 Å². The van der Waals surface area contributed by atoms with Gasteiger partial charge in [-0.1, -0.05) is 68.9 Å². The van der Waals surface area contributed by atoms with Crippen LogP contribution in [0.3, 0.4) is 0 Å². The van der Waals surface area contributed by atoms with Gasteiger partial charge in [-0.15, -0.1) is 54.1 Å². The molecule has 3 heterocycles. The number of hydrogen-bond donors (Lipinski definition) is 0. The maximum atomic E-state index is 4.46. The molecule has 0 amide bonds. The Bertz CT molecular complexity index is 1660. The molecule has 6 heteroatoms. The smallest absolute Gasteiger partial charge is 0.0163 e. The van der Waals surface area contributed by atoms with E-state index in [9.17, 15) is 0 Å². The zero-order valence-electron chi connectivity index (χ0n) is 24.4. The quantitative estimate of drug-likeness (QED) is 0.133. The van der Waals surface area contributed by atoms with Crippen molar-refractivity contribution in [2.24, 2.45) is 0 Å². The Kier molecular flexibility index (Phi) is 14.5. The van der Waals surface area contributed by atoms with Gasteiger partial charge in [0.1, 0.15) is 0 Å². The first kappa shape index (κ1) is 36.1. The second-order valence-electron chi connectivity index (χ2n) is 10.3. The molecule has 3 aromatic carbocycles. The average Bonchev–Trinajstić information content (AvgIpc) is 3.02. The molecule has 0 spiro atoms. The summed E-state index contributed by atoms with van der Waals surface area (Å²) in [5, 5.41) is 0. The van der Waals surface area contributed by atoms with Gasteiger partial charge in [0.25, 0.3) is 0 Å². The van der Waals surface area contributed by atoms with Crippen molar-refractivity contribution >= 4 is 8.41 Å². The molecule has 0 N–H and O–H groups in total. The fraction of sp³-hybridized carbons (Fsp3) is 0.108. The predicted molar refractivity (Wildman–Crippen MR) is 168 cm³/mol. The van der Waals surface area contributed by atoms with Crippen LogP contribution in [0.1, 0.15) is 26.3 Å². The molecule has 0 atom stereocenters. The maximum Gasteiger partial charge on any atom is 0.0163 e. The molecule has 3 nitrogen and oxygen atoms in total. The minimum absolute atomic E-state index is 0. The monoisotopic (exact) mass is 808 g/mol. The van der Waals surface area contributed by atoms with Crippen LogP contribution in [0.15, 0.2) is 122 Å². The Balaban J connectivity index is 0.000000301. The van der Waals surface area contributed by atoms with Gasteiger partial charge in [0.05, 0.1) is 0 Å². The van der Waals surface area contributed by atoms with E-state index in [2.05, 4.69) is 72.3 Å². The van der Waals surface area contributed by atoms with E-state index in [1.54, 1.807) is 6.20 Å². The van der Waals surface area contributed by atoms with Crippen molar-refractivity contribution in [3.63, 3.8) is 0 Å². The second-order valence-corrected chi connectivity index (χ2v) is 10.3. The summed E-state index contributed by atoms with van der Waals surface area (Å²) in [4.78, 5) is 13.2. The van der Waals surface area contributed by atoms with E-state index in [0.29, 0.717) is 0 Å². The maximum absolute atomic E-state index is 4.46. The standard InChI is InChI=1S/C22H13N2.C15H16N.B.Ir.Y/c1-2-7-17(8-3-1)22-13-12-20(16-24-22)18-9-6-10-19(15-18)21-11-4-5-14-23-21;1-15(2,3)13-9-10-16-14(11-13)12-7-5-4-6-8-12;;;/h1-9,11-14H;4-7,9-11H,1-3H3;;;/q-3;-1;;;. The van der Waals surface area contributed by atoms with Gasteiger partial charge in [0.15, 0.2) is 0 Å². The fourth-order valence-corrected chi connectivity index (χ4v) is 4.10. The Morgan fingerprint density at radius 3 is 2.00 bits per heavy atom. The molecule has 5 radical (unpaired) electrons. The van der Waals surface area contributed by atoms with Gasteiger partial charge < -0.3 is 21.0 Å². The second kappa shape index (κ2) is 17.3. The third kappa shape index (κ3) is 9.98. The first-order chi connectivity index (χ1) is 19.5. The zero-order chi connectivity index (χ0) is 27.8.